The van der Waals surface area contributed by atoms with E-state index in [1.165, 1.54) is 0 Å². The lowest BCUT2D eigenvalue weighted by Gasteiger charge is -2.42. The number of pyridine rings is 1. The fraction of sp³-hybridized carbons (Fsp3) is 0.292. The molecule has 5 rings (SSSR count). The third-order valence-corrected chi connectivity index (χ3v) is 8.52. The topological polar surface area (TPSA) is 68.6 Å². The van der Waals surface area contributed by atoms with Gasteiger partial charge in [0.15, 0.2) is 0 Å². The summed E-state index contributed by atoms with van der Waals surface area (Å²) in [5.41, 5.74) is 2.35. The Morgan fingerprint density at radius 1 is 0.938 bits per heavy atom. The summed E-state index contributed by atoms with van der Waals surface area (Å²) in [7, 11) is -2.01. The van der Waals surface area contributed by atoms with Gasteiger partial charge in [-0.15, -0.1) is 0 Å². The lowest BCUT2D eigenvalue weighted by molar-refractivity contribution is 0.186. The first-order chi connectivity index (χ1) is 15.4. The number of rotatable bonds is 4. The molecule has 1 saturated heterocycles. The molecule has 2 aliphatic rings. The van der Waals surface area contributed by atoms with Crippen LogP contribution in [-0.4, -0.2) is 37.5 Å². The zero-order valence-corrected chi connectivity index (χ0v) is 19.1. The Morgan fingerprint density at radius 3 is 2.34 bits per heavy atom. The monoisotopic (exact) mass is 470 g/mol. The van der Waals surface area contributed by atoms with Gasteiger partial charge in [-0.05, 0) is 66.4 Å². The molecule has 6 nitrogen and oxygen atoms in total. The summed E-state index contributed by atoms with van der Waals surface area (Å²) in [6.45, 7) is 1.28. The standard InChI is InChI=1S/C24H23ClN2O4S/c1-31-20-6-2-17(3-7-20)22-10-11-23-18-12-16(14-27(23)24(22)28)13-26(15-18)32(29,30)21-8-4-19(25)5-9-21/h2-11,16,18H,12-15H2,1H3/t16-,18-/m1/s1. The van der Waals surface area contributed by atoms with Crippen molar-refractivity contribution in [2.24, 2.45) is 5.92 Å². The van der Waals surface area contributed by atoms with E-state index in [1.54, 1.807) is 35.7 Å². The maximum absolute atomic E-state index is 13.3. The molecule has 0 unspecified atom stereocenters. The predicted molar refractivity (Wildman–Crippen MR) is 124 cm³/mol. The number of nitrogens with zero attached hydrogens (tertiary/aromatic N) is 2. The minimum atomic E-state index is -3.62. The van der Waals surface area contributed by atoms with Gasteiger partial charge in [-0.1, -0.05) is 23.7 Å². The van der Waals surface area contributed by atoms with Crippen LogP contribution in [0.3, 0.4) is 0 Å². The first-order valence-corrected chi connectivity index (χ1v) is 12.3. The number of hydrogen-bond acceptors (Lipinski definition) is 4. The number of hydrogen-bond donors (Lipinski definition) is 0. The highest BCUT2D eigenvalue weighted by Gasteiger charge is 2.39. The molecular formula is C24H23ClN2O4S. The van der Waals surface area contributed by atoms with Crippen LogP contribution in [0.4, 0.5) is 0 Å². The smallest absolute Gasteiger partial charge is 0.258 e. The summed E-state index contributed by atoms with van der Waals surface area (Å²) < 4.78 is 35.0. The van der Waals surface area contributed by atoms with Crippen molar-refractivity contribution in [3.63, 3.8) is 0 Å². The zero-order chi connectivity index (χ0) is 22.5. The van der Waals surface area contributed by atoms with E-state index in [0.717, 1.165) is 23.4 Å². The van der Waals surface area contributed by atoms with Crippen molar-refractivity contribution in [2.45, 2.75) is 23.8 Å². The van der Waals surface area contributed by atoms with Gasteiger partial charge >= 0.3 is 0 Å². The maximum atomic E-state index is 13.3. The highest BCUT2D eigenvalue weighted by atomic mass is 35.5. The van der Waals surface area contributed by atoms with Crippen LogP contribution in [0.2, 0.25) is 5.02 Å². The highest BCUT2D eigenvalue weighted by molar-refractivity contribution is 7.89. The number of fused-ring (bicyclic) bond motifs is 4. The van der Waals surface area contributed by atoms with Gasteiger partial charge in [-0.25, -0.2) is 8.42 Å². The second-order valence-electron chi connectivity index (χ2n) is 8.39. The van der Waals surface area contributed by atoms with Gasteiger partial charge in [-0.3, -0.25) is 4.79 Å². The van der Waals surface area contributed by atoms with Gasteiger partial charge < -0.3 is 9.30 Å². The second kappa shape index (κ2) is 8.06. The van der Waals surface area contributed by atoms with Crippen molar-refractivity contribution in [3.8, 4) is 16.9 Å². The Balaban J connectivity index is 1.47. The molecule has 0 spiro atoms. The van der Waals surface area contributed by atoms with E-state index in [2.05, 4.69) is 0 Å². The summed E-state index contributed by atoms with van der Waals surface area (Å²) >= 11 is 5.92. The molecule has 3 heterocycles. The average molecular weight is 471 g/mol. The van der Waals surface area contributed by atoms with Crippen molar-refractivity contribution >= 4 is 21.6 Å². The number of ether oxygens (including phenoxy) is 1. The van der Waals surface area contributed by atoms with Crippen LogP contribution in [0.15, 0.2) is 70.4 Å². The number of methoxy groups -OCH3 is 1. The van der Waals surface area contributed by atoms with Crippen LogP contribution >= 0.6 is 11.6 Å². The van der Waals surface area contributed by atoms with Gasteiger partial charge in [-0.2, -0.15) is 4.31 Å². The van der Waals surface area contributed by atoms with E-state index < -0.39 is 10.0 Å². The van der Waals surface area contributed by atoms with Crippen LogP contribution in [0.25, 0.3) is 11.1 Å². The van der Waals surface area contributed by atoms with Gasteiger partial charge in [0.2, 0.25) is 10.0 Å². The summed E-state index contributed by atoms with van der Waals surface area (Å²) in [6, 6.07) is 17.5. The summed E-state index contributed by atoms with van der Waals surface area (Å²) in [5, 5.41) is 0.500. The van der Waals surface area contributed by atoms with Crippen LogP contribution in [-0.2, 0) is 16.6 Å². The van der Waals surface area contributed by atoms with E-state index in [4.69, 9.17) is 16.3 Å². The number of piperidine rings is 1. The van der Waals surface area contributed by atoms with Crippen LogP contribution in [0.5, 0.6) is 5.75 Å². The van der Waals surface area contributed by atoms with E-state index in [1.807, 2.05) is 41.0 Å². The molecule has 3 aromatic rings. The number of sulfonamides is 1. The first-order valence-electron chi connectivity index (χ1n) is 10.5. The van der Waals surface area contributed by atoms with Crippen molar-refractivity contribution in [2.75, 3.05) is 20.2 Å². The minimum Gasteiger partial charge on any atom is -0.497 e. The maximum Gasteiger partial charge on any atom is 0.258 e. The lowest BCUT2D eigenvalue weighted by atomic mass is 9.84. The Morgan fingerprint density at radius 2 is 1.66 bits per heavy atom. The Hall–Kier alpha value is -2.61. The molecule has 1 aromatic heterocycles. The fourth-order valence-corrected chi connectivity index (χ4v) is 6.53. The molecule has 8 heteroatoms. The second-order valence-corrected chi connectivity index (χ2v) is 10.8. The Labute approximate surface area is 192 Å². The molecule has 32 heavy (non-hydrogen) atoms. The van der Waals surface area contributed by atoms with Crippen LogP contribution < -0.4 is 10.3 Å². The normalized spacial score (nSPS) is 20.6. The molecule has 0 radical (unpaired) electrons. The fourth-order valence-electron chi connectivity index (χ4n) is 4.84. The lowest BCUT2D eigenvalue weighted by Crippen LogP contribution is -2.49. The first kappa shape index (κ1) is 21.2. The molecule has 2 atom stereocenters. The SMILES string of the molecule is COc1ccc(-c2ccc3n(c2=O)C[C@@H]2C[C@@H]3CN(S(=O)(=O)c3ccc(Cl)cc3)C2)cc1. The van der Waals surface area contributed by atoms with Gasteiger partial charge in [0.1, 0.15) is 5.75 Å². The number of benzene rings is 2. The van der Waals surface area contributed by atoms with Crippen molar-refractivity contribution in [3.05, 3.63) is 81.7 Å². The van der Waals surface area contributed by atoms with Gasteiger partial charge in [0, 0.05) is 41.8 Å². The van der Waals surface area contributed by atoms with Gasteiger partial charge in [0.25, 0.3) is 5.56 Å². The predicted octanol–water partition coefficient (Wildman–Crippen LogP) is 3.99. The molecule has 2 aromatic carbocycles. The summed E-state index contributed by atoms with van der Waals surface area (Å²) in [4.78, 5) is 13.6. The van der Waals surface area contributed by atoms with Crippen molar-refractivity contribution < 1.29 is 13.2 Å². The molecule has 0 saturated carbocycles. The van der Waals surface area contributed by atoms with E-state index in [9.17, 15) is 13.2 Å². The summed E-state index contributed by atoms with van der Waals surface area (Å²) in [6.07, 6.45) is 0.883. The van der Waals surface area contributed by atoms with E-state index in [-0.39, 0.29) is 22.3 Å². The van der Waals surface area contributed by atoms with E-state index >= 15 is 0 Å². The minimum absolute atomic E-state index is 0.0119. The van der Waals surface area contributed by atoms with Crippen molar-refractivity contribution in [1.82, 2.24) is 8.87 Å². The molecule has 0 amide bonds. The summed E-state index contributed by atoms with van der Waals surface area (Å²) in [5.74, 6) is 0.817. The highest BCUT2D eigenvalue weighted by Crippen LogP contribution is 2.38. The molecule has 166 valence electrons. The Kier molecular flexibility index (Phi) is 5.35. The molecule has 2 bridgehead atoms. The van der Waals surface area contributed by atoms with Gasteiger partial charge in [0.05, 0.1) is 12.0 Å². The molecule has 0 N–H and O–H groups in total. The average Bonchev–Trinajstić information content (AvgIpc) is 2.80. The van der Waals surface area contributed by atoms with Crippen LogP contribution in [0.1, 0.15) is 18.0 Å². The quantitative estimate of drug-likeness (QED) is 0.578. The van der Waals surface area contributed by atoms with Crippen molar-refractivity contribution in [1.29, 1.82) is 0 Å². The molecule has 1 fully saturated rings. The molecular weight excluding hydrogens is 448 g/mol. The zero-order valence-electron chi connectivity index (χ0n) is 17.6. The third-order valence-electron chi connectivity index (χ3n) is 6.42. The largest absolute Gasteiger partial charge is 0.497 e. The number of aromatic nitrogens is 1. The van der Waals surface area contributed by atoms with Crippen LogP contribution in [0, 0.1) is 5.92 Å². The molecule has 0 aliphatic carbocycles. The van der Waals surface area contributed by atoms with E-state index in [0.29, 0.717) is 30.2 Å². The third kappa shape index (κ3) is 3.64. The number of halogens is 1. The molecule has 2 aliphatic heterocycles. The Bertz CT molecular complexity index is 1320.